The molecule has 138 valence electrons. The fourth-order valence-electron chi connectivity index (χ4n) is 2.12. The zero-order valence-corrected chi connectivity index (χ0v) is 15.2. The molecule has 1 heterocycles. The molecule has 0 spiro atoms. The van der Waals surface area contributed by atoms with Crippen molar-refractivity contribution in [2.75, 3.05) is 5.32 Å². The van der Waals surface area contributed by atoms with E-state index in [2.05, 4.69) is 25.8 Å². The number of rotatable bonds is 4. The van der Waals surface area contributed by atoms with Gasteiger partial charge in [0.15, 0.2) is 11.5 Å². The van der Waals surface area contributed by atoms with E-state index in [0.717, 1.165) is 0 Å². The molecule has 0 fully saturated rings. The van der Waals surface area contributed by atoms with E-state index in [1.54, 1.807) is 6.07 Å². The fourth-order valence-corrected chi connectivity index (χ4v) is 2.60. The standard InChI is InChI=1S/C16H11Cl2FN6O2/c1-25-15(22-23-24-25)13(16(27)21-12-5-3-2-4-11(12)19)20-8-6-9(17)14(26)10(18)7-8/h2-7,26H,1H3,(H,21,27). The molecule has 0 aliphatic heterocycles. The molecule has 0 atom stereocenters. The van der Waals surface area contributed by atoms with Crippen molar-refractivity contribution >= 4 is 46.2 Å². The number of amides is 1. The lowest BCUT2D eigenvalue weighted by molar-refractivity contribution is -0.110. The number of phenols is 1. The maximum absolute atomic E-state index is 13.8. The van der Waals surface area contributed by atoms with Crippen LogP contribution in [0.4, 0.5) is 15.8 Å². The predicted molar refractivity (Wildman–Crippen MR) is 98.2 cm³/mol. The van der Waals surface area contributed by atoms with Gasteiger partial charge in [0.25, 0.3) is 5.91 Å². The summed E-state index contributed by atoms with van der Waals surface area (Å²) in [5.41, 5.74) is -0.0693. The minimum Gasteiger partial charge on any atom is -0.505 e. The third kappa shape index (κ3) is 4.04. The summed E-state index contributed by atoms with van der Waals surface area (Å²) in [5, 5.41) is 22.9. The Bertz CT molecular complexity index is 1030. The topological polar surface area (TPSA) is 105 Å². The summed E-state index contributed by atoms with van der Waals surface area (Å²) in [6, 6.07) is 8.28. The number of aliphatic imine (C=N–C) groups is 1. The van der Waals surface area contributed by atoms with Crippen LogP contribution >= 0.6 is 23.2 Å². The van der Waals surface area contributed by atoms with Gasteiger partial charge in [-0.15, -0.1) is 5.10 Å². The number of para-hydroxylation sites is 1. The zero-order chi connectivity index (χ0) is 19.6. The van der Waals surface area contributed by atoms with E-state index in [1.807, 2.05) is 0 Å². The molecule has 2 aromatic carbocycles. The van der Waals surface area contributed by atoms with E-state index in [-0.39, 0.29) is 38.7 Å². The largest absolute Gasteiger partial charge is 0.505 e. The van der Waals surface area contributed by atoms with Crippen LogP contribution < -0.4 is 5.32 Å². The van der Waals surface area contributed by atoms with Gasteiger partial charge in [-0.25, -0.2) is 14.1 Å². The van der Waals surface area contributed by atoms with E-state index in [9.17, 15) is 14.3 Å². The van der Waals surface area contributed by atoms with E-state index < -0.39 is 11.7 Å². The fraction of sp³-hybridized carbons (Fsp3) is 0.0625. The lowest BCUT2D eigenvalue weighted by atomic mass is 10.2. The number of tetrazole rings is 1. The number of aromatic hydroxyl groups is 1. The SMILES string of the molecule is Cn1nnnc1C(=Nc1cc(Cl)c(O)c(Cl)c1)C(=O)Nc1ccccc1F. The average Bonchev–Trinajstić information content (AvgIpc) is 3.05. The van der Waals surface area contributed by atoms with Crippen LogP contribution in [0, 0.1) is 5.82 Å². The lowest BCUT2D eigenvalue weighted by Gasteiger charge is -2.09. The predicted octanol–water partition coefficient (Wildman–Crippen LogP) is 3.12. The van der Waals surface area contributed by atoms with Crippen molar-refractivity contribution in [1.29, 1.82) is 0 Å². The van der Waals surface area contributed by atoms with Gasteiger partial charge in [-0.05, 0) is 34.7 Å². The second kappa shape index (κ2) is 7.68. The molecular formula is C16H11Cl2FN6O2. The Hall–Kier alpha value is -3.04. The molecular weight excluding hydrogens is 398 g/mol. The van der Waals surface area contributed by atoms with Crippen LogP contribution in [-0.2, 0) is 11.8 Å². The van der Waals surface area contributed by atoms with Crippen molar-refractivity contribution in [3.63, 3.8) is 0 Å². The second-order valence-electron chi connectivity index (χ2n) is 5.28. The van der Waals surface area contributed by atoms with Crippen molar-refractivity contribution in [2.24, 2.45) is 12.0 Å². The molecule has 0 saturated carbocycles. The maximum atomic E-state index is 13.8. The Morgan fingerprint density at radius 3 is 2.52 bits per heavy atom. The van der Waals surface area contributed by atoms with E-state index in [1.165, 1.54) is 42.1 Å². The number of aryl methyl sites for hydroxylation is 1. The molecule has 3 rings (SSSR count). The van der Waals surface area contributed by atoms with Crippen LogP contribution in [-0.4, -0.2) is 36.9 Å². The molecule has 0 unspecified atom stereocenters. The minimum absolute atomic E-state index is 0.0316. The molecule has 0 radical (unpaired) electrons. The number of aromatic nitrogens is 4. The third-order valence-electron chi connectivity index (χ3n) is 3.41. The molecule has 1 aromatic heterocycles. The zero-order valence-electron chi connectivity index (χ0n) is 13.7. The number of phenolic OH excluding ortho intramolecular Hbond substituents is 1. The van der Waals surface area contributed by atoms with Crippen LogP contribution in [0.15, 0.2) is 41.4 Å². The molecule has 0 aliphatic rings. The van der Waals surface area contributed by atoms with Gasteiger partial charge in [0.1, 0.15) is 5.82 Å². The maximum Gasteiger partial charge on any atom is 0.278 e. The highest BCUT2D eigenvalue weighted by Crippen LogP contribution is 2.35. The van der Waals surface area contributed by atoms with E-state index in [4.69, 9.17) is 23.2 Å². The van der Waals surface area contributed by atoms with Crippen molar-refractivity contribution in [3.8, 4) is 5.75 Å². The van der Waals surface area contributed by atoms with Gasteiger partial charge in [0, 0.05) is 7.05 Å². The molecule has 8 nitrogen and oxygen atoms in total. The number of anilines is 1. The van der Waals surface area contributed by atoms with Gasteiger partial charge < -0.3 is 10.4 Å². The molecule has 0 bridgehead atoms. The Morgan fingerprint density at radius 1 is 1.26 bits per heavy atom. The second-order valence-corrected chi connectivity index (χ2v) is 6.09. The van der Waals surface area contributed by atoms with Crippen molar-refractivity contribution < 1.29 is 14.3 Å². The van der Waals surface area contributed by atoms with Crippen LogP contribution in [0.5, 0.6) is 5.75 Å². The molecule has 2 N–H and O–H groups in total. The van der Waals surface area contributed by atoms with Gasteiger partial charge in [-0.2, -0.15) is 0 Å². The smallest absolute Gasteiger partial charge is 0.278 e. The summed E-state index contributed by atoms with van der Waals surface area (Å²) in [5.74, 6) is -1.64. The van der Waals surface area contributed by atoms with Crippen molar-refractivity contribution in [3.05, 3.63) is 58.1 Å². The van der Waals surface area contributed by atoms with Gasteiger partial charge in [-0.3, -0.25) is 4.79 Å². The minimum atomic E-state index is -0.752. The van der Waals surface area contributed by atoms with Crippen LogP contribution in [0.1, 0.15) is 5.82 Å². The summed E-state index contributed by atoms with van der Waals surface area (Å²) in [7, 11) is 1.51. The molecule has 11 heteroatoms. The number of hydrogen-bond acceptors (Lipinski definition) is 6. The number of carbonyl (C=O) groups is 1. The molecule has 27 heavy (non-hydrogen) atoms. The lowest BCUT2D eigenvalue weighted by Crippen LogP contribution is -2.27. The highest BCUT2D eigenvalue weighted by molar-refractivity contribution is 6.48. The molecule has 1 amide bonds. The first-order chi connectivity index (χ1) is 12.9. The van der Waals surface area contributed by atoms with Crippen LogP contribution in [0.3, 0.4) is 0 Å². The summed E-state index contributed by atoms with van der Waals surface area (Å²) in [6.07, 6.45) is 0. The Balaban J connectivity index is 2.06. The number of nitrogens with one attached hydrogen (secondary N) is 1. The monoisotopic (exact) mass is 408 g/mol. The average molecular weight is 409 g/mol. The number of carbonyl (C=O) groups excluding carboxylic acids is 1. The number of halogens is 3. The number of nitrogens with zero attached hydrogens (tertiary/aromatic N) is 5. The molecule has 3 aromatic rings. The van der Waals surface area contributed by atoms with Gasteiger partial charge >= 0.3 is 0 Å². The number of benzene rings is 2. The first kappa shape index (κ1) is 18.7. The highest BCUT2D eigenvalue weighted by atomic mass is 35.5. The summed E-state index contributed by atoms with van der Waals surface area (Å²) < 4.78 is 15.1. The first-order valence-corrected chi connectivity index (χ1v) is 8.17. The van der Waals surface area contributed by atoms with Crippen molar-refractivity contribution in [2.45, 2.75) is 0 Å². The van der Waals surface area contributed by atoms with Crippen molar-refractivity contribution in [1.82, 2.24) is 20.2 Å². The Labute approximate surface area is 162 Å². The Kier molecular flexibility index (Phi) is 5.33. The van der Waals surface area contributed by atoms with Gasteiger partial charge in [0.05, 0.1) is 21.4 Å². The molecule has 0 aliphatic carbocycles. The quantitative estimate of drug-likeness (QED) is 0.645. The summed E-state index contributed by atoms with van der Waals surface area (Å²) in [4.78, 5) is 16.9. The third-order valence-corrected chi connectivity index (χ3v) is 3.99. The summed E-state index contributed by atoms with van der Waals surface area (Å²) >= 11 is 11.8. The van der Waals surface area contributed by atoms with Crippen LogP contribution in [0.25, 0.3) is 0 Å². The highest BCUT2D eigenvalue weighted by Gasteiger charge is 2.22. The van der Waals surface area contributed by atoms with Crippen LogP contribution in [0.2, 0.25) is 10.0 Å². The number of hydrogen-bond donors (Lipinski definition) is 2. The van der Waals surface area contributed by atoms with Gasteiger partial charge in [0.2, 0.25) is 5.82 Å². The normalized spacial score (nSPS) is 11.5. The van der Waals surface area contributed by atoms with E-state index >= 15 is 0 Å². The summed E-state index contributed by atoms with van der Waals surface area (Å²) in [6.45, 7) is 0. The van der Waals surface area contributed by atoms with Gasteiger partial charge in [-0.1, -0.05) is 35.3 Å². The van der Waals surface area contributed by atoms with E-state index in [0.29, 0.717) is 0 Å². The Morgan fingerprint density at radius 2 is 1.93 bits per heavy atom. The first-order valence-electron chi connectivity index (χ1n) is 7.42. The molecule has 0 saturated heterocycles.